The van der Waals surface area contributed by atoms with Crippen LogP contribution in [0.3, 0.4) is 0 Å². The highest BCUT2D eigenvalue weighted by Gasteiger charge is 2.06. The third-order valence-corrected chi connectivity index (χ3v) is 2.67. The van der Waals surface area contributed by atoms with Crippen LogP contribution in [0, 0.1) is 28.5 Å². The molecule has 0 amide bonds. The lowest BCUT2D eigenvalue weighted by atomic mass is 10.1. The van der Waals surface area contributed by atoms with E-state index in [0.29, 0.717) is 22.6 Å². The zero-order valence-corrected chi connectivity index (χ0v) is 10.4. The Morgan fingerprint density at radius 3 is 2.50 bits per heavy atom. The van der Waals surface area contributed by atoms with Crippen molar-refractivity contribution in [3.63, 3.8) is 0 Å². The molecule has 0 unspecified atom stereocenters. The van der Waals surface area contributed by atoms with Crippen LogP contribution in [0.15, 0.2) is 36.4 Å². The first-order valence-corrected chi connectivity index (χ1v) is 5.75. The van der Waals surface area contributed by atoms with Crippen LogP contribution in [0.4, 0.5) is 10.1 Å². The molecule has 98 valence electrons. The highest BCUT2D eigenvalue weighted by Crippen LogP contribution is 2.22. The minimum atomic E-state index is -0.568. The van der Waals surface area contributed by atoms with E-state index in [1.807, 2.05) is 6.07 Å². The van der Waals surface area contributed by atoms with E-state index < -0.39 is 5.82 Å². The van der Waals surface area contributed by atoms with Gasteiger partial charge in [-0.3, -0.25) is 0 Å². The van der Waals surface area contributed by atoms with Crippen molar-refractivity contribution in [2.24, 2.45) is 0 Å². The molecule has 0 saturated heterocycles. The lowest BCUT2D eigenvalue weighted by molar-refractivity contribution is 0.305. The van der Waals surface area contributed by atoms with Gasteiger partial charge in [-0.2, -0.15) is 10.5 Å². The zero-order valence-electron chi connectivity index (χ0n) is 10.4. The molecule has 0 bridgehead atoms. The van der Waals surface area contributed by atoms with Crippen LogP contribution in [-0.2, 0) is 6.61 Å². The number of hydrogen-bond donors (Lipinski definition) is 1. The van der Waals surface area contributed by atoms with E-state index in [9.17, 15) is 4.39 Å². The molecule has 0 atom stereocenters. The maximum Gasteiger partial charge on any atom is 0.140 e. The second-order valence-corrected chi connectivity index (χ2v) is 4.08. The van der Waals surface area contributed by atoms with Crippen molar-refractivity contribution in [3.05, 3.63) is 58.9 Å². The van der Waals surface area contributed by atoms with Crippen molar-refractivity contribution in [2.45, 2.75) is 6.61 Å². The monoisotopic (exact) mass is 267 g/mol. The molecule has 0 heterocycles. The summed E-state index contributed by atoms with van der Waals surface area (Å²) in [7, 11) is 0. The molecule has 0 aliphatic carbocycles. The van der Waals surface area contributed by atoms with E-state index >= 15 is 0 Å². The van der Waals surface area contributed by atoms with Gasteiger partial charge in [0.2, 0.25) is 0 Å². The molecule has 0 radical (unpaired) electrons. The minimum absolute atomic E-state index is 0.0380. The SMILES string of the molecule is N#Cc1cc(COc2ccc(N)cc2C#N)ccc1F. The molecule has 2 aromatic carbocycles. The Morgan fingerprint density at radius 2 is 1.80 bits per heavy atom. The molecular weight excluding hydrogens is 257 g/mol. The Hall–Kier alpha value is -3.05. The first kappa shape index (κ1) is 13.4. The van der Waals surface area contributed by atoms with Gasteiger partial charge in [0.25, 0.3) is 0 Å². The van der Waals surface area contributed by atoms with Crippen LogP contribution in [0.1, 0.15) is 16.7 Å². The van der Waals surface area contributed by atoms with Gasteiger partial charge in [0.1, 0.15) is 30.3 Å². The summed E-state index contributed by atoms with van der Waals surface area (Å²) in [6, 6.07) is 12.6. The summed E-state index contributed by atoms with van der Waals surface area (Å²) in [6.07, 6.45) is 0. The van der Waals surface area contributed by atoms with Gasteiger partial charge in [0, 0.05) is 5.69 Å². The number of nitriles is 2. The first-order valence-electron chi connectivity index (χ1n) is 5.75. The highest BCUT2D eigenvalue weighted by molar-refractivity contribution is 5.53. The zero-order chi connectivity index (χ0) is 14.5. The van der Waals surface area contributed by atoms with Crippen molar-refractivity contribution in [1.82, 2.24) is 0 Å². The van der Waals surface area contributed by atoms with E-state index in [2.05, 4.69) is 0 Å². The van der Waals surface area contributed by atoms with Gasteiger partial charge >= 0.3 is 0 Å². The molecule has 2 rings (SSSR count). The fourth-order valence-corrected chi connectivity index (χ4v) is 1.67. The van der Waals surface area contributed by atoms with E-state index in [0.717, 1.165) is 0 Å². The molecule has 2 N–H and O–H groups in total. The second-order valence-electron chi connectivity index (χ2n) is 4.08. The second kappa shape index (κ2) is 5.73. The Bertz CT molecular complexity index is 729. The number of nitrogens with two attached hydrogens (primary N) is 1. The van der Waals surface area contributed by atoms with Crippen LogP contribution in [0.25, 0.3) is 0 Å². The first-order chi connectivity index (χ1) is 9.63. The quantitative estimate of drug-likeness (QED) is 0.867. The lowest BCUT2D eigenvalue weighted by Gasteiger charge is -2.08. The standard InChI is InChI=1S/C15H10FN3O/c16-14-3-1-10(5-11(14)7-17)9-20-15-4-2-13(19)6-12(15)8-18/h1-6H,9,19H2. The highest BCUT2D eigenvalue weighted by atomic mass is 19.1. The predicted octanol–water partition coefficient (Wildman–Crippen LogP) is 2.73. The van der Waals surface area contributed by atoms with Crippen LogP contribution < -0.4 is 10.5 Å². The molecule has 0 aliphatic rings. The molecule has 0 spiro atoms. The molecule has 4 nitrogen and oxygen atoms in total. The van der Waals surface area contributed by atoms with Crippen LogP contribution in [-0.4, -0.2) is 0 Å². The van der Waals surface area contributed by atoms with Crippen molar-refractivity contribution in [2.75, 3.05) is 5.73 Å². The summed E-state index contributed by atoms with van der Waals surface area (Å²) in [4.78, 5) is 0. The topological polar surface area (TPSA) is 82.8 Å². The van der Waals surface area contributed by atoms with Crippen molar-refractivity contribution in [3.8, 4) is 17.9 Å². The molecule has 20 heavy (non-hydrogen) atoms. The largest absolute Gasteiger partial charge is 0.488 e. The molecular formula is C15H10FN3O. The number of rotatable bonds is 3. The molecule has 0 saturated carbocycles. The third kappa shape index (κ3) is 2.85. The molecule has 0 aromatic heterocycles. The number of hydrogen-bond acceptors (Lipinski definition) is 4. The van der Waals surface area contributed by atoms with Gasteiger partial charge in [-0.1, -0.05) is 6.07 Å². The maximum atomic E-state index is 13.2. The Labute approximate surface area is 115 Å². The van der Waals surface area contributed by atoms with E-state index in [1.165, 1.54) is 24.3 Å². The summed E-state index contributed by atoms with van der Waals surface area (Å²) in [5, 5.41) is 17.7. The van der Waals surface area contributed by atoms with Crippen LogP contribution in [0.5, 0.6) is 5.75 Å². The van der Waals surface area contributed by atoms with Gasteiger partial charge in [0.15, 0.2) is 0 Å². The van der Waals surface area contributed by atoms with E-state index in [-0.39, 0.29) is 12.2 Å². The molecule has 0 aliphatic heterocycles. The molecule has 2 aromatic rings. The number of nitrogens with zero attached hydrogens (tertiary/aromatic N) is 2. The summed E-state index contributed by atoms with van der Waals surface area (Å²) >= 11 is 0. The summed E-state index contributed by atoms with van der Waals surface area (Å²) in [5.74, 6) is -0.175. The summed E-state index contributed by atoms with van der Waals surface area (Å²) in [5.41, 5.74) is 6.99. The van der Waals surface area contributed by atoms with Gasteiger partial charge in [-0.15, -0.1) is 0 Å². The van der Waals surface area contributed by atoms with Crippen molar-refractivity contribution < 1.29 is 9.13 Å². The number of halogens is 1. The Kier molecular flexibility index (Phi) is 3.83. The number of benzene rings is 2. The normalized spacial score (nSPS) is 9.55. The Morgan fingerprint density at radius 1 is 1.05 bits per heavy atom. The minimum Gasteiger partial charge on any atom is -0.488 e. The van der Waals surface area contributed by atoms with Crippen molar-refractivity contribution >= 4 is 5.69 Å². The van der Waals surface area contributed by atoms with E-state index in [1.54, 1.807) is 18.2 Å². The fourth-order valence-electron chi connectivity index (χ4n) is 1.67. The molecule has 0 fully saturated rings. The van der Waals surface area contributed by atoms with Crippen molar-refractivity contribution in [1.29, 1.82) is 10.5 Å². The van der Waals surface area contributed by atoms with Gasteiger partial charge in [-0.05, 0) is 35.9 Å². The average molecular weight is 267 g/mol. The molecule has 5 heteroatoms. The van der Waals surface area contributed by atoms with Crippen LogP contribution in [0.2, 0.25) is 0 Å². The number of nitrogen functional groups attached to an aromatic ring is 1. The average Bonchev–Trinajstić information content (AvgIpc) is 2.47. The Balaban J connectivity index is 2.18. The third-order valence-electron chi connectivity index (χ3n) is 2.67. The fraction of sp³-hybridized carbons (Fsp3) is 0.0667. The smallest absolute Gasteiger partial charge is 0.140 e. The number of anilines is 1. The van der Waals surface area contributed by atoms with Gasteiger partial charge in [-0.25, -0.2) is 4.39 Å². The van der Waals surface area contributed by atoms with E-state index in [4.69, 9.17) is 21.0 Å². The predicted molar refractivity (Wildman–Crippen MR) is 71.0 cm³/mol. The van der Waals surface area contributed by atoms with Gasteiger partial charge < -0.3 is 10.5 Å². The maximum absolute atomic E-state index is 13.2. The lowest BCUT2D eigenvalue weighted by Crippen LogP contribution is -1.99. The summed E-state index contributed by atoms with van der Waals surface area (Å²) in [6.45, 7) is 0.132. The van der Waals surface area contributed by atoms with Crippen LogP contribution >= 0.6 is 0 Å². The van der Waals surface area contributed by atoms with Gasteiger partial charge in [0.05, 0.1) is 11.1 Å². The summed E-state index contributed by atoms with van der Waals surface area (Å²) < 4.78 is 18.7. The number of ether oxygens (including phenoxy) is 1.